The van der Waals surface area contributed by atoms with Gasteiger partial charge in [0.25, 0.3) is 0 Å². The first kappa shape index (κ1) is 12.8. The smallest absolute Gasteiger partial charge is 0.309 e. The number of methoxy groups -OCH3 is 1. The van der Waals surface area contributed by atoms with Gasteiger partial charge in [-0.05, 0) is 19.1 Å². The second-order valence-corrected chi connectivity index (χ2v) is 3.88. The number of carbonyl (C=O) groups is 1. The molecule has 0 aliphatic rings. The van der Waals surface area contributed by atoms with E-state index in [1.54, 1.807) is 6.26 Å². The van der Waals surface area contributed by atoms with E-state index in [0.29, 0.717) is 0 Å². The van der Waals surface area contributed by atoms with E-state index in [1.165, 1.54) is 7.11 Å². The molecular formula is C12H19NO3. The minimum absolute atomic E-state index is 0.0995. The molecule has 0 saturated heterocycles. The average molecular weight is 225 g/mol. The molecule has 1 heterocycles. The molecule has 0 amide bonds. The molecule has 4 nitrogen and oxygen atoms in total. The van der Waals surface area contributed by atoms with Crippen LogP contribution >= 0.6 is 0 Å². The molecule has 90 valence electrons. The number of ether oxygens (including phenoxy) is 1. The highest BCUT2D eigenvalue weighted by Crippen LogP contribution is 2.05. The Morgan fingerprint density at radius 1 is 1.56 bits per heavy atom. The van der Waals surface area contributed by atoms with Crippen molar-refractivity contribution in [1.29, 1.82) is 0 Å². The molecule has 0 bridgehead atoms. The molecule has 0 aliphatic heterocycles. The summed E-state index contributed by atoms with van der Waals surface area (Å²) in [6.45, 7) is 4.62. The van der Waals surface area contributed by atoms with E-state index in [9.17, 15) is 4.79 Å². The summed E-state index contributed by atoms with van der Waals surface area (Å²) in [6, 6.07) is 3.91. The van der Waals surface area contributed by atoms with Gasteiger partial charge in [0, 0.05) is 19.0 Å². The maximum absolute atomic E-state index is 11.3. The first-order valence-electron chi connectivity index (χ1n) is 5.48. The van der Waals surface area contributed by atoms with Crippen LogP contribution in [0.2, 0.25) is 0 Å². The van der Waals surface area contributed by atoms with Gasteiger partial charge in [-0.3, -0.25) is 4.79 Å². The van der Waals surface area contributed by atoms with Crippen molar-refractivity contribution in [2.75, 3.05) is 13.7 Å². The molecule has 1 N–H and O–H groups in total. The normalized spacial score (nSPS) is 14.4. The molecular weight excluding hydrogens is 206 g/mol. The zero-order valence-electron chi connectivity index (χ0n) is 10.0. The van der Waals surface area contributed by atoms with Crippen LogP contribution in [0.5, 0.6) is 0 Å². The molecule has 4 heteroatoms. The standard InChI is InChI=1S/C12H19NO3/c1-9(12(14)15-3)10(2)13-7-6-11-5-4-8-16-11/h4-5,8-10,13H,6-7H2,1-3H3. The highest BCUT2D eigenvalue weighted by atomic mass is 16.5. The van der Waals surface area contributed by atoms with Crippen LogP contribution in [-0.4, -0.2) is 25.7 Å². The third-order valence-corrected chi connectivity index (χ3v) is 2.74. The molecule has 2 atom stereocenters. The van der Waals surface area contributed by atoms with E-state index in [4.69, 9.17) is 4.42 Å². The number of hydrogen-bond acceptors (Lipinski definition) is 4. The van der Waals surface area contributed by atoms with Crippen molar-refractivity contribution in [2.45, 2.75) is 26.3 Å². The first-order chi connectivity index (χ1) is 7.65. The number of nitrogens with one attached hydrogen (secondary N) is 1. The van der Waals surface area contributed by atoms with E-state index < -0.39 is 0 Å². The van der Waals surface area contributed by atoms with Gasteiger partial charge in [0.05, 0.1) is 19.3 Å². The van der Waals surface area contributed by atoms with Crippen molar-refractivity contribution in [3.8, 4) is 0 Å². The van der Waals surface area contributed by atoms with Gasteiger partial charge in [-0.1, -0.05) is 6.92 Å². The lowest BCUT2D eigenvalue weighted by atomic mass is 10.0. The predicted octanol–water partition coefficient (Wildman–Crippen LogP) is 1.61. The molecule has 0 fully saturated rings. The largest absolute Gasteiger partial charge is 0.469 e. The summed E-state index contributed by atoms with van der Waals surface area (Å²) >= 11 is 0. The minimum atomic E-state index is -0.182. The van der Waals surface area contributed by atoms with Crippen molar-refractivity contribution >= 4 is 5.97 Å². The summed E-state index contributed by atoms with van der Waals surface area (Å²) in [5.74, 6) is 0.630. The van der Waals surface area contributed by atoms with Crippen LogP contribution in [0.25, 0.3) is 0 Å². The Morgan fingerprint density at radius 2 is 2.31 bits per heavy atom. The fourth-order valence-electron chi connectivity index (χ4n) is 1.44. The molecule has 1 rings (SSSR count). The van der Waals surface area contributed by atoms with Crippen molar-refractivity contribution in [3.05, 3.63) is 24.2 Å². The Labute approximate surface area is 96.0 Å². The molecule has 0 radical (unpaired) electrons. The summed E-state index contributed by atoms with van der Waals surface area (Å²) in [5, 5.41) is 3.28. The van der Waals surface area contributed by atoms with Gasteiger partial charge in [-0.15, -0.1) is 0 Å². The van der Waals surface area contributed by atoms with Gasteiger partial charge < -0.3 is 14.5 Å². The Morgan fingerprint density at radius 3 is 2.88 bits per heavy atom. The van der Waals surface area contributed by atoms with E-state index in [0.717, 1.165) is 18.7 Å². The fourth-order valence-corrected chi connectivity index (χ4v) is 1.44. The zero-order valence-corrected chi connectivity index (χ0v) is 10.0. The van der Waals surface area contributed by atoms with E-state index in [1.807, 2.05) is 26.0 Å². The zero-order chi connectivity index (χ0) is 12.0. The average Bonchev–Trinajstić information content (AvgIpc) is 2.79. The van der Waals surface area contributed by atoms with Crippen molar-refractivity contribution in [1.82, 2.24) is 5.32 Å². The lowest BCUT2D eigenvalue weighted by molar-refractivity contribution is -0.145. The van der Waals surface area contributed by atoms with Crippen molar-refractivity contribution in [2.24, 2.45) is 5.92 Å². The fraction of sp³-hybridized carbons (Fsp3) is 0.583. The monoisotopic (exact) mass is 225 g/mol. The van der Waals surface area contributed by atoms with Crippen LogP contribution in [-0.2, 0) is 16.0 Å². The number of carbonyl (C=O) groups excluding carboxylic acids is 1. The Hall–Kier alpha value is -1.29. The van der Waals surface area contributed by atoms with Gasteiger partial charge >= 0.3 is 5.97 Å². The lowest BCUT2D eigenvalue weighted by Gasteiger charge is -2.18. The van der Waals surface area contributed by atoms with Crippen LogP contribution in [0.4, 0.5) is 0 Å². The predicted molar refractivity (Wildman–Crippen MR) is 61.1 cm³/mol. The third-order valence-electron chi connectivity index (χ3n) is 2.74. The Kier molecular flexibility index (Phi) is 5.05. The summed E-state index contributed by atoms with van der Waals surface area (Å²) in [4.78, 5) is 11.3. The molecule has 0 aliphatic carbocycles. The van der Waals surface area contributed by atoms with E-state index in [2.05, 4.69) is 10.1 Å². The van der Waals surface area contributed by atoms with Crippen molar-refractivity contribution in [3.63, 3.8) is 0 Å². The van der Waals surface area contributed by atoms with Crippen LogP contribution < -0.4 is 5.32 Å². The van der Waals surface area contributed by atoms with Crippen molar-refractivity contribution < 1.29 is 13.9 Å². The second-order valence-electron chi connectivity index (χ2n) is 3.88. The molecule has 0 aromatic carbocycles. The van der Waals surface area contributed by atoms with E-state index in [-0.39, 0.29) is 17.9 Å². The Bertz CT molecular complexity index is 308. The molecule has 0 spiro atoms. The number of furan rings is 1. The van der Waals surface area contributed by atoms with Gasteiger partial charge in [0.2, 0.25) is 0 Å². The summed E-state index contributed by atoms with van der Waals surface area (Å²) in [5.41, 5.74) is 0. The van der Waals surface area contributed by atoms with Crippen LogP contribution in [0.15, 0.2) is 22.8 Å². The summed E-state index contributed by atoms with van der Waals surface area (Å²) < 4.78 is 9.90. The quantitative estimate of drug-likeness (QED) is 0.747. The molecule has 2 unspecified atom stereocenters. The Balaban J connectivity index is 2.24. The summed E-state index contributed by atoms with van der Waals surface area (Å²) in [7, 11) is 1.41. The maximum atomic E-state index is 11.3. The molecule has 1 aromatic rings. The number of hydrogen-bond donors (Lipinski definition) is 1. The van der Waals surface area contributed by atoms with E-state index >= 15 is 0 Å². The van der Waals surface area contributed by atoms with Crippen LogP contribution in [0.3, 0.4) is 0 Å². The first-order valence-corrected chi connectivity index (χ1v) is 5.48. The van der Waals surface area contributed by atoms with Crippen LogP contribution in [0, 0.1) is 5.92 Å². The maximum Gasteiger partial charge on any atom is 0.309 e. The topological polar surface area (TPSA) is 51.5 Å². The summed E-state index contributed by atoms with van der Waals surface area (Å²) in [6.07, 6.45) is 2.49. The third kappa shape index (κ3) is 3.70. The lowest BCUT2D eigenvalue weighted by Crippen LogP contribution is -2.37. The van der Waals surface area contributed by atoms with Gasteiger partial charge in [0.15, 0.2) is 0 Å². The second kappa shape index (κ2) is 6.33. The molecule has 1 aromatic heterocycles. The number of esters is 1. The molecule has 16 heavy (non-hydrogen) atoms. The minimum Gasteiger partial charge on any atom is -0.469 e. The van der Waals surface area contributed by atoms with Gasteiger partial charge in [-0.2, -0.15) is 0 Å². The SMILES string of the molecule is COC(=O)C(C)C(C)NCCc1ccco1. The highest BCUT2D eigenvalue weighted by molar-refractivity contribution is 5.72. The van der Waals surface area contributed by atoms with Gasteiger partial charge in [-0.25, -0.2) is 0 Å². The van der Waals surface area contributed by atoms with Crippen LogP contribution in [0.1, 0.15) is 19.6 Å². The highest BCUT2D eigenvalue weighted by Gasteiger charge is 2.19. The number of rotatable bonds is 6. The van der Waals surface area contributed by atoms with Gasteiger partial charge in [0.1, 0.15) is 5.76 Å². The molecule has 0 saturated carbocycles.